The number of hydrogen-bond donors (Lipinski definition) is 1. The zero-order chi connectivity index (χ0) is 14.5. The van der Waals surface area contributed by atoms with Gasteiger partial charge >= 0.3 is 0 Å². The molecule has 1 aliphatic rings. The molecule has 106 valence electrons. The van der Waals surface area contributed by atoms with E-state index in [-0.39, 0.29) is 10.8 Å². The SMILES string of the molecule is C=C1C[C@@H](N[S@@](=O)C(C)(C)C)c2sc3ccccc3c21. The molecule has 0 bridgehead atoms. The van der Waals surface area contributed by atoms with Gasteiger partial charge in [-0.3, -0.25) is 0 Å². The van der Waals surface area contributed by atoms with Gasteiger partial charge in [0.25, 0.3) is 0 Å². The first-order valence-corrected chi connectivity index (χ1v) is 8.72. The Morgan fingerprint density at radius 2 is 2.05 bits per heavy atom. The predicted molar refractivity (Wildman–Crippen MR) is 89.2 cm³/mol. The van der Waals surface area contributed by atoms with Gasteiger partial charge in [0.05, 0.1) is 21.8 Å². The van der Waals surface area contributed by atoms with Gasteiger partial charge in [0.2, 0.25) is 0 Å². The summed E-state index contributed by atoms with van der Waals surface area (Å²) in [5, 5.41) is 1.28. The van der Waals surface area contributed by atoms with Crippen LogP contribution in [-0.4, -0.2) is 8.96 Å². The first-order valence-electron chi connectivity index (χ1n) is 6.75. The van der Waals surface area contributed by atoms with Gasteiger partial charge in [0.1, 0.15) is 0 Å². The molecule has 0 saturated carbocycles. The topological polar surface area (TPSA) is 29.1 Å². The van der Waals surface area contributed by atoms with E-state index in [0.29, 0.717) is 0 Å². The second-order valence-corrected chi connectivity index (χ2v) is 9.28. The summed E-state index contributed by atoms with van der Waals surface area (Å²) in [5.41, 5.74) is 2.43. The molecule has 4 heteroatoms. The van der Waals surface area contributed by atoms with Crippen LogP contribution in [0.4, 0.5) is 0 Å². The number of fused-ring (bicyclic) bond motifs is 3. The van der Waals surface area contributed by atoms with E-state index in [2.05, 4.69) is 35.6 Å². The molecule has 1 aliphatic carbocycles. The average molecular weight is 305 g/mol. The van der Waals surface area contributed by atoms with Crippen LogP contribution in [0.15, 0.2) is 30.8 Å². The monoisotopic (exact) mass is 305 g/mol. The second kappa shape index (κ2) is 4.79. The maximum atomic E-state index is 12.3. The van der Waals surface area contributed by atoms with Crippen LogP contribution in [0.25, 0.3) is 15.7 Å². The van der Waals surface area contributed by atoms with Crippen molar-refractivity contribution in [3.05, 3.63) is 41.3 Å². The lowest BCUT2D eigenvalue weighted by Crippen LogP contribution is -2.34. The van der Waals surface area contributed by atoms with Gasteiger partial charge in [0, 0.05) is 20.5 Å². The van der Waals surface area contributed by atoms with Gasteiger partial charge in [-0.15, -0.1) is 11.3 Å². The van der Waals surface area contributed by atoms with Gasteiger partial charge in [-0.2, -0.15) is 0 Å². The lowest BCUT2D eigenvalue weighted by molar-refractivity contribution is 0.613. The van der Waals surface area contributed by atoms with Gasteiger partial charge in [-0.25, -0.2) is 8.93 Å². The van der Waals surface area contributed by atoms with Crippen LogP contribution in [0.2, 0.25) is 0 Å². The first-order chi connectivity index (χ1) is 9.38. The molecular weight excluding hydrogens is 286 g/mol. The molecule has 1 aromatic heterocycles. The molecule has 1 N–H and O–H groups in total. The van der Waals surface area contributed by atoms with Crippen molar-refractivity contribution in [2.24, 2.45) is 0 Å². The van der Waals surface area contributed by atoms with Crippen LogP contribution in [0.1, 0.15) is 43.7 Å². The maximum absolute atomic E-state index is 12.3. The van der Waals surface area contributed by atoms with E-state index in [1.54, 1.807) is 11.3 Å². The highest BCUT2D eigenvalue weighted by Crippen LogP contribution is 2.48. The van der Waals surface area contributed by atoms with Gasteiger partial charge < -0.3 is 0 Å². The Morgan fingerprint density at radius 1 is 1.35 bits per heavy atom. The van der Waals surface area contributed by atoms with Gasteiger partial charge in [-0.1, -0.05) is 24.8 Å². The highest BCUT2D eigenvalue weighted by atomic mass is 32.2. The summed E-state index contributed by atoms with van der Waals surface area (Å²) in [6.07, 6.45) is 0.855. The molecule has 2 nitrogen and oxygen atoms in total. The molecule has 0 aliphatic heterocycles. The summed E-state index contributed by atoms with van der Waals surface area (Å²) in [5.74, 6) is 0. The summed E-state index contributed by atoms with van der Waals surface area (Å²) in [6, 6.07) is 8.56. The van der Waals surface area contributed by atoms with Crippen LogP contribution in [0.5, 0.6) is 0 Å². The molecule has 0 saturated heterocycles. The molecule has 0 fully saturated rings. The van der Waals surface area contributed by atoms with E-state index in [4.69, 9.17) is 0 Å². The largest absolute Gasteiger partial charge is 0.242 e. The summed E-state index contributed by atoms with van der Waals surface area (Å²) < 4.78 is 16.7. The predicted octanol–water partition coefficient (Wildman–Crippen LogP) is 4.41. The van der Waals surface area contributed by atoms with Crippen LogP contribution < -0.4 is 4.72 Å². The van der Waals surface area contributed by atoms with Crippen LogP contribution in [0, 0.1) is 0 Å². The van der Waals surface area contributed by atoms with Crippen LogP contribution in [0.3, 0.4) is 0 Å². The third-order valence-corrected chi connectivity index (χ3v) is 6.44. The standard InChI is InChI=1S/C16H19NOS2/c1-10-9-12(17-20(18)16(2,3)4)15-14(10)11-7-5-6-8-13(11)19-15/h5-8,12,17H,1,9H2,2-4H3/t12-,20+/m1/s1. The van der Waals surface area contributed by atoms with Crippen molar-refractivity contribution in [1.29, 1.82) is 0 Å². The lowest BCUT2D eigenvalue weighted by atomic mass is 10.1. The Kier molecular flexibility index (Phi) is 3.35. The number of nitrogens with one attached hydrogen (secondary N) is 1. The fourth-order valence-electron chi connectivity index (χ4n) is 2.52. The number of rotatable bonds is 2. The van der Waals surface area contributed by atoms with Crippen molar-refractivity contribution in [1.82, 2.24) is 4.72 Å². The smallest absolute Gasteiger partial charge is 0.0976 e. The number of benzene rings is 1. The average Bonchev–Trinajstić information content (AvgIpc) is 2.87. The minimum absolute atomic E-state index is 0.134. The summed E-state index contributed by atoms with van der Waals surface area (Å²) >= 11 is 1.79. The Morgan fingerprint density at radius 3 is 2.75 bits per heavy atom. The normalized spacial score (nSPS) is 20.4. The molecule has 2 aromatic rings. The Hall–Kier alpha value is -0.970. The molecule has 20 heavy (non-hydrogen) atoms. The number of hydrogen-bond acceptors (Lipinski definition) is 2. The van der Waals surface area contributed by atoms with E-state index in [9.17, 15) is 4.21 Å². The van der Waals surface area contributed by atoms with Crippen LogP contribution >= 0.6 is 11.3 Å². The number of thiophene rings is 1. The zero-order valence-electron chi connectivity index (χ0n) is 12.0. The lowest BCUT2D eigenvalue weighted by Gasteiger charge is -2.21. The molecule has 0 unspecified atom stereocenters. The van der Waals surface area contributed by atoms with Crippen molar-refractivity contribution in [2.45, 2.75) is 38.0 Å². The second-order valence-electron chi connectivity index (χ2n) is 6.20. The van der Waals surface area contributed by atoms with Crippen molar-refractivity contribution < 1.29 is 4.21 Å². The van der Waals surface area contributed by atoms with E-state index in [1.807, 2.05) is 20.8 Å². The van der Waals surface area contributed by atoms with Crippen molar-refractivity contribution in [3.8, 4) is 0 Å². The zero-order valence-corrected chi connectivity index (χ0v) is 13.7. The molecule has 1 heterocycles. The van der Waals surface area contributed by atoms with E-state index in [1.165, 1.54) is 20.5 Å². The van der Waals surface area contributed by atoms with Crippen molar-refractivity contribution in [2.75, 3.05) is 0 Å². The Balaban J connectivity index is 2.00. The summed E-state index contributed by atoms with van der Waals surface area (Å²) in [4.78, 5) is 1.29. The third-order valence-electron chi connectivity index (χ3n) is 3.55. The quantitative estimate of drug-likeness (QED) is 0.875. The fourth-order valence-corrected chi connectivity index (χ4v) is 4.71. The third kappa shape index (κ3) is 2.26. The van der Waals surface area contributed by atoms with E-state index < -0.39 is 11.0 Å². The summed E-state index contributed by atoms with van der Waals surface area (Å²) in [6.45, 7) is 10.2. The molecule has 0 amide bonds. The first kappa shape index (κ1) is 14.0. The van der Waals surface area contributed by atoms with E-state index in [0.717, 1.165) is 12.0 Å². The molecular formula is C16H19NOS2. The minimum atomic E-state index is -1.06. The Labute approximate surface area is 126 Å². The van der Waals surface area contributed by atoms with Gasteiger partial charge in [0.15, 0.2) is 0 Å². The Bertz CT molecular complexity index is 709. The fraction of sp³-hybridized carbons (Fsp3) is 0.375. The minimum Gasteiger partial charge on any atom is -0.242 e. The highest BCUT2D eigenvalue weighted by molar-refractivity contribution is 7.84. The van der Waals surface area contributed by atoms with Gasteiger partial charge in [-0.05, 0) is 38.8 Å². The summed E-state index contributed by atoms with van der Waals surface area (Å²) in [7, 11) is -1.06. The van der Waals surface area contributed by atoms with Crippen molar-refractivity contribution in [3.63, 3.8) is 0 Å². The molecule has 1 aromatic carbocycles. The highest BCUT2D eigenvalue weighted by Gasteiger charge is 2.32. The molecule has 3 rings (SSSR count). The maximum Gasteiger partial charge on any atom is 0.0976 e. The van der Waals surface area contributed by atoms with Crippen LogP contribution in [-0.2, 0) is 11.0 Å². The van der Waals surface area contributed by atoms with E-state index >= 15 is 0 Å². The molecule has 0 radical (unpaired) electrons. The molecule has 0 spiro atoms. The molecule has 2 atom stereocenters. The van der Waals surface area contributed by atoms with Crippen molar-refractivity contribution >= 4 is 38.0 Å².